The topological polar surface area (TPSA) is 67.2 Å². The van der Waals surface area contributed by atoms with Crippen molar-refractivity contribution in [2.45, 2.75) is 45.1 Å². The second kappa shape index (κ2) is 5.48. The number of hydrogen-bond donors (Lipinski definition) is 2. The zero-order valence-corrected chi connectivity index (χ0v) is 12.5. The number of carbonyl (C=O) groups is 1. The molecule has 1 atom stereocenters. The van der Waals surface area contributed by atoms with Crippen molar-refractivity contribution in [3.05, 3.63) is 24.1 Å². The summed E-state index contributed by atoms with van der Waals surface area (Å²) in [5.41, 5.74) is 1.82. The van der Waals surface area contributed by atoms with E-state index in [1.54, 1.807) is 0 Å². The number of aromatic nitrogens is 1. The van der Waals surface area contributed by atoms with Crippen LogP contribution in [-0.4, -0.2) is 23.0 Å². The van der Waals surface area contributed by atoms with Gasteiger partial charge in [0.1, 0.15) is 5.52 Å². The van der Waals surface area contributed by atoms with E-state index in [1.165, 1.54) is 0 Å². The van der Waals surface area contributed by atoms with Crippen molar-refractivity contribution in [2.24, 2.45) is 0 Å². The van der Waals surface area contributed by atoms with Gasteiger partial charge in [0.2, 0.25) is 5.91 Å². The van der Waals surface area contributed by atoms with Crippen molar-refractivity contribution >= 4 is 22.7 Å². The minimum atomic E-state index is -0.481. The molecule has 0 saturated carbocycles. The number of carbonyl (C=O) groups excluding carboxylic acids is 1. The number of oxazole rings is 1. The van der Waals surface area contributed by atoms with Crippen molar-refractivity contribution in [1.82, 2.24) is 10.3 Å². The van der Waals surface area contributed by atoms with E-state index >= 15 is 0 Å². The number of aryl methyl sites for hydroxylation is 1. The Morgan fingerprint density at radius 1 is 1.48 bits per heavy atom. The molecule has 0 radical (unpaired) electrons. The Labute approximate surface area is 124 Å². The SMILES string of the molecule is CCc1nc2cc(NC(=O)C3(C)CCCCN3)ccc2o1. The van der Waals surface area contributed by atoms with Crippen molar-refractivity contribution in [3.63, 3.8) is 0 Å². The fourth-order valence-electron chi connectivity index (χ4n) is 2.72. The average Bonchev–Trinajstić information content (AvgIpc) is 2.90. The normalized spacial score (nSPS) is 22.4. The molecule has 1 amide bonds. The molecule has 2 N–H and O–H groups in total. The number of fused-ring (bicyclic) bond motifs is 1. The van der Waals surface area contributed by atoms with E-state index in [2.05, 4.69) is 15.6 Å². The summed E-state index contributed by atoms with van der Waals surface area (Å²) in [4.78, 5) is 16.9. The fraction of sp³-hybridized carbons (Fsp3) is 0.500. The number of nitrogens with zero attached hydrogens (tertiary/aromatic N) is 1. The number of nitrogens with one attached hydrogen (secondary N) is 2. The maximum Gasteiger partial charge on any atom is 0.244 e. The standard InChI is InChI=1S/C16H21N3O2/c1-3-14-19-12-10-11(6-7-13(12)21-14)18-15(20)16(2)8-4-5-9-17-16/h6-7,10,17H,3-5,8-9H2,1-2H3,(H,18,20). The van der Waals surface area contributed by atoms with E-state index < -0.39 is 5.54 Å². The second-order valence-electron chi connectivity index (χ2n) is 5.81. The van der Waals surface area contributed by atoms with E-state index in [9.17, 15) is 4.79 Å². The van der Waals surface area contributed by atoms with E-state index in [1.807, 2.05) is 32.0 Å². The van der Waals surface area contributed by atoms with Crippen LogP contribution in [0.4, 0.5) is 5.69 Å². The minimum absolute atomic E-state index is 0.0146. The lowest BCUT2D eigenvalue weighted by molar-refractivity contribution is -0.122. The fourth-order valence-corrected chi connectivity index (χ4v) is 2.72. The number of rotatable bonds is 3. The zero-order chi connectivity index (χ0) is 14.9. The third-order valence-corrected chi connectivity index (χ3v) is 4.11. The van der Waals surface area contributed by atoms with Crippen molar-refractivity contribution in [3.8, 4) is 0 Å². The molecule has 1 aromatic heterocycles. The van der Waals surface area contributed by atoms with Gasteiger partial charge in [-0.25, -0.2) is 4.98 Å². The van der Waals surface area contributed by atoms with Crippen molar-refractivity contribution in [2.75, 3.05) is 11.9 Å². The molecule has 3 rings (SSSR count). The highest BCUT2D eigenvalue weighted by atomic mass is 16.3. The Bertz CT molecular complexity index is 657. The molecule has 0 spiro atoms. The summed E-state index contributed by atoms with van der Waals surface area (Å²) >= 11 is 0. The molecular formula is C16H21N3O2. The third kappa shape index (κ3) is 2.78. The van der Waals surface area contributed by atoms with Gasteiger partial charge in [-0.05, 0) is 50.9 Å². The first-order valence-corrected chi connectivity index (χ1v) is 7.57. The summed E-state index contributed by atoms with van der Waals surface area (Å²) in [6, 6.07) is 5.58. The number of hydrogen-bond acceptors (Lipinski definition) is 4. The number of benzene rings is 1. The maximum atomic E-state index is 12.5. The third-order valence-electron chi connectivity index (χ3n) is 4.11. The van der Waals surface area contributed by atoms with E-state index in [0.29, 0.717) is 0 Å². The van der Waals surface area contributed by atoms with E-state index in [0.717, 1.165) is 54.9 Å². The van der Waals surface area contributed by atoms with Gasteiger partial charge < -0.3 is 15.1 Å². The highest BCUT2D eigenvalue weighted by molar-refractivity contribution is 5.99. The van der Waals surface area contributed by atoms with Gasteiger partial charge in [0.05, 0.1) is 5.54 Å². The second-order valence-corrected chi connectivity index (χ2v) is 5.81. The molecule has 0 bridgehead atoms. The summed E-state index contributed by atoms with van der Waals surface area (Å²) in [5, 5.41) is 6.31. The first-order valence-electron chi connectivity index (χ1n) is 7.57. The van der Waals surface area contributed by atoms with Crippen LogP contribution in [0.1, 0.15) is 39.0 Å². The number of piperidine rings is 1. The summed E-state index contributed by atoms with van der Waals surface area (Å²) in [7, 11) is 0. The van der Waals surface area contributed by atoms with Crippen molar-refractivity contribution < 1.29 is 9.21 Å². The van der Waals surface area contributed by atoms with Crippen LogP contribution in [0.25, 0.3) is 11.1 Å². The van der Waals surface area contributed by atoms with Crippen LogP contribution in [0.15, 0.2) is 22.6 Å². The van der Waals surface area contributed by atoms with Crippen LogP contribution in [-0.2, 0) is 11.2 Å². The molecule has 21 heavy (non-hydrogen) atoms. The van der Waals surface area contributed by atoms with Gasteiger partial charge in [-0.1, -0.05) is 6.92 Å². The first kappa shape index (κ1) is 14.1. The lowest BCUT2D eigenvalue weighted by Gasteiger charge is -2.33. The van der Waals surface area contributed by atoms with Crippen LogP contribution in [0.3, 0.4) is 0 Å². The Kier molecular flexibility index (Phi) is 3.68. The molecule has 1 aliphatic heterocycles. The van der Waals surface area contributed by atoms with Gasteiger partial charge in [-0.2, -0.15) is 0 Å². The monoisotopic (exact) mass is 287 g/mol. The molecule has 5 heteroatoms. The molecule has 0 aliphatic carbocycles. The van der Waals surface area contributed by atoms with Gasteiger partial charge >= 0.3 is 0 Å². The van der Waals surface area contributed by atoms with Gasteiger partial charge in [0.25, 0.3) is 0 Å². The highest BCUT2D eigenvalue weighted by Crippen LogP contribution is 2.23. The largest absolute Gasteiger partial charge is 0.441 e. The molecular weight excluding hydrogens is 266 g/mol. The predicted molar refractivity (Wildman–Crippen MR) is 82.3 cm³/mol. The average molecular weight is 287 g/mol. The lowest BCUT2D eigenvalue weighted by Crippen LogP contribution is -2.54. The molecule has 5 nitrogen and oxygen atoms in total. The molecule has 1 saturated heterocycles. The molecule has 1 aromatic carbocycles. The Hall–Kier alpha value is -1.88. The van der Waals surface area contributed by atoms with Crippen LogP contribution in [0.2, 0.25) is 0 Å². The lowest BCUT2D eigenvalue weighted by atomic mass is 9.90. The molecule has 1 unspecified atom stereocenters. The van der Waals surface area contributed by atoms with Crippen LogP contribution in [0, 0.1) is 0 Å². The van der Waals surface area contributed by atoms with Gasteiger partial charge in [0, 0.05) is 12.1 Å². The Morgan fingerprint density at radius 2 is 2.33 bits per heavy atom. The quantitative estimate of drug-likeness (QED) is 0.911. The number of anilines is 1. The van der Waals surface area contributed by atoms with Crippen LogP contribution < -0.4 is 10.6 Å². The molecule has 112 valence electrons. The predicted octanol–water partition coefficient (Wildman–Crippen LogP) is 2.86. The minimum Gasteiger partial charge on any atom is -0.441 e. The Balaban J connectivity index is 1.79. The van der Waals surface area contributed by atoms with Gasteiger partial charge in [-0.3, -0.25) is 4.79 Å². The van der Waals surface area contributed by atoms with Gasteiger partial charge in [0.15, 0.2) is 11.5 Å². The van der Waals surface area contributed by atoms with E-state index in [4.69, 9.17) is 4.42 Å². The van der Waals surface area contributed by atoms with Crippen LogP contribution >= 0.6 is 0 Å². The molecule has 2 aromatic rings. The first-order chi connectivity index (χ1) is 10.1. The summed E-state index contributed by atoms with van der Waals surface area (Å²) < 4.78 is 5.58. The zero-order valence-electron chi connectivity index (χ0n) is 12.5. The Morgan fingerprint density at radius 3 is 3.05 bits per heavy atom. The van der Waals surface area contributed by atoms with Crippen LogP contribution in [0.5, 0.6) is 0 Å². The molecule has 2 heterocycles. The van der Waals surface area contributed by atoms with E-state index in [-0.39, 0.29) is 5.91 Å². The maximum absolute atomic E-state index is 12.5. The highest BCUT2D eigenvalue weighted by Gasteiger charge is 2.34. The van der Waals surface area contributed by atoms with Gasteiger partial charge in [-0.15, -0.1) is 0 Å². The summed E-state index contributed by atoms with van der Waals surface area (Å²) in [6.45, 7) is 4.86. The number of amides is 1. The summed E-state index contributed by atoms with van der Waals surface area (Å²) in [6.07, 6.45) is 3.84. The van der Waals surface area contributed by atoms with Crippen molar-refractivity contribution in [1.29, 1.82) is 0 Å². The molecule has 1 fully saturated rings. The summed E-state index contributed by atoms with van der Waals surface area (Å²) in [5.74, 6) is 0.732. The smallest absolute Gasteiger partial charge is 0.244 e. The molecule has 1 aliphatic rings.